The molecule has 0 aliphatic heterocycles. The molecule has 0 fully saturated rings. The lowest BCUT2D eigenvalue weighted by atomic mass is 10.1. The third kappa shape index (κ3) is 2.83. The first-order valence-corrected chi connectivity index (χ1v) is 4.61. The van der Waals surface area contributed by atoms with Crippen molar-refractivity contribution in [2.24, 2.45) is 0 Å². The molecule has 3 nitrogen and oxygen atoms in total. The molecular formula is C8H7BrF3NO2. The average molecular weight is 286 g/mol. The summed E-state index contributed by atoms with van der Waals surface area (Å²) in [5, 5.41) is 17.7. The summed E-state index contributed by atoms with van der Waals surface area (Å²) in [5.41, 5.74) is 0.503. The summed E-state index contributed by atoms with van der Waals surface area (Å²) in [6, 6.07) is 2.06. The van der Waals surface area contributed by atoms with E-state index in [2.05, 4.69) is 15.9 Å². The highest BCUT2D eigenvalue weighted by Crippen LogP contribution is 2.39. The molecule has 0 saturated carbocycles. The average Bonchev–Trinajstić information content (AvgIpc) is 2.09. The van der Waals surface area contributed by atoms with Crippen LogP contribution in [0.15, 0.2) is 16.6 Å². The zero-order valence-electron chi connectivity index (χ0n) is 7.27. The highest BCUT2D eigenvalue weighted by atomic mass is 79.9. The maximum atomic E-state index is 12.4. The monoisotopic (exact) mass is 285 g/mol. The van der Waals surface area contributed by atoms with Gasteiger partial charge in [0.05, 0.1) is 5.56 Å². The number of phenolic OH excluding ortho intramolecular Hbond substituents is 1. The number of hydrogen-bond donors (Lipinski definition) is 3. The fourth-order valence-electron chi connectivity index (χ4n) is 1.09. The van der Waals surface area contributed by atoms with Gasteiger partial charge in [-0.1, -0.05) is 15.9 Å². The number of nitrogens with one attached hydrogen (secondary N) is 1. The van der Waals surface area contributed by atoms with Crippen molar-refractivity contribution in [1.82, 2.24) is 5.48 Å². The van der Waals surface area contributed by atoms with E-state index in [9.17, 15) is 18.3 Å². The zero-order chi connectivity index (χ0) is 11.6. The second-order valence-corrected chi connectivity index (χ2v) is 3.71. The standard InChI is InChI=1S/C8H7BrF3NO2/c9-5-1-4(3-13-15)7(14)6(2-5)8(10,11)12/h1-2,13-15H,3H2. The lowest BCUT2D eigenvalue weighted by Gasteiger charge is -2.12. The number of aromatic hydroxyl groups is 1. The van der Waals surface area contributed by atoms with E-state index in [0.717, 1.165) is 6.07 Å². The van der Waals surface area contributed by atoms with E-state index in [1.807, 2.05) is 0 Å². The van der Waals surface area contributed by atoms with Gasteiger partial charge in [-0.25, -0.2) is 5.48 Å². The molecule has 0 bridgehead atoms. The van der Waals surface area contributed by atoms with E-state index < -0.39 is 17.5 Å². The number of phenols is 1. The number of rotatable bonds is 2. The van der Waals surface area contributed by atoms with Gasteiger partial charge < -0.3 is 10.3 Å². The first-order chi connectivity index (χ1) is 6.86. The molecule has 3 N–H and O–H groups in total. The smallest absolute Gasteiger partial charge is 0.420 e. The largest absolute Gasteiger partial charge is 0.507 e. The van der Waals surface area contributed by atoms with Crippen LogP contribution >= 0.6 is 15.9 Å². The quantitative estimate of drug-likeness (QED) is 0.733. The van der Waals surface area contributed by atoms with Crippen LogP contribution in [0.4, 0.5) is 13.2 Å². The zero-order valence-corrected chi connectivity index (χ0v) is 8.85. The minimum Gasteiger partial charge on any atom is -0.507 e. The van der Waals surface area contributed by atoms with Crippen LogP contribution < -0.4 is 5.48 Å². The molecule has 0 aliphatic carbocycles. The Labute approximate surface area is 91.6 Å². The van der Waals surface area contributed by atoms with Crippen LogP contribution in [0.3, 0.4) is 0 Å². The summed E-state index contributed by atoms with van der Waals surface area (Å²) in [4.78, 5) is 0. The summed E-state index contributed by atoms with van der Waals surface area (Å²) in [6.45, 7) is -0.269. The van der Waals surface area contributed by atoms with Gasteiger partial charge >= 0.3 is 6.18 Å². The number of hydrogen-bond acceptors (Lipinski definition) is 3. The van der Waals surface area contributed by atoms with Crippen LogP contribution in [-0.4, -0.2) is 10.3 Å². The van der Waals surface area contributed by atoms with Gasteiger partial charge in [0.25, 0.3) is 0 Å². The van der Waals surface area contributed by atoms with Crippen LogP contribution in [0.2, 0.25) is 0 Å². The normalized spacial score (nSPS) is 11.8. The molecule has 0 heterocycles. The lowest BCUT2D eigenvalue weighted by Crippen LogP contribution is -2.10. The van der Waals surface area contributed by atoms with Crippen molar-refractivity contribution < 1.29 is 23.5 Å². The van der Waals surface area contributed by atoms with Gasteiger partial charge in [0.1, 0.15) is 5.75 Å². The first-order valence-electron chi connectivity index (χ1n) is 3.81. The van der Waals surface area contributed by atoms with Crippen LogP contribution in [-0.2, 0) is 12.7 Å². The predicted octanol–water partition coefficient (Wildman–Crippen LogP) is 2.65. The Morgan fingerprint density at radius 2 is 1.93 bits per heavy atom. The van der Waals surface area contributed by atoms with Crippen LogP contribution in [0.25, 0.3) is 0 Å². The second-order valence-electron chi connectivity index (χ2n) is 2.79. The maximum absolute atomic E-state index is 12.4. The Morgan fingerprint density at radius 3 is 2.40 bits per heavy atom. The van der Waals surface area contributed by atoms with Crippen molar-refractivity contribution in [2.45, 2.75) is 12.7 Å². The lowest BCUT2D eigenvalue weighted by molar-refractivity contribution is -0.138. The number of benzene rings is 1. The van der Waals surface area contributed by atoms with E-state index in [1.54, 1.807) is 5.48 Å². The fraction of sp³-hybridized carbons (Fsp3) is 0.250. The molecule has 0 saturated heterocycles. The Kier molecular flexibility index (Phi) is 3.58. The molecule has 84 valence electrons. The van der Waals surface area contributed by atoms with E-state index in [-0.39, 0.29) is 16.6 Å². The molecule has 0 aromatic heterocycles. The van der Waals surface area contributed by atoms with E-state index in [1.165, 1.54) is 6.07 Å². The molecule has 1 aromatic carbocycles. The minimum atomic E-state index is -4.63. The maximum Gasteiger partial charge on any atom is 0.420 e. The third-order valence-electron chi connectivity index (χ3n) is 1.73. The Balaban J connectivity index is 3.28. The van der Waals surface area contributed by atoms with Crippen LogP contribution in [0, 0.1) is 0 Å². The van der Waals surface area contributed by atoms with E-state index in [0.29, 0.717) is 0 Å². The van der Waals surface area contributed by atoms with Gasteiger partial charge in [-0.05, 0) is 12.1 Å². The summed E-state index contributed by atoms with van der Waals surface area (Å²) in [5.74, 6) is -0.882. The minimum absolute atomic E-state index is 0.0424. The summed E-state index contributed by atoms with van der Waals surface area (Å²) >= 11 is 2.89. The highest BCUT2D eigenvalue weighted by Gasteiger charge is 2.35. The van der Waals surface area contributed by atoms with Crippen molar-refractivity contribution in [1.29, 1.82) is 0 Å². The number of alkyl halides is 3. The van der Waals surface area contributed by atoms with Gasteiger partial charge in [-0.15, -0.1) is 0 Å². The molecule has 7 heteroatoms. The Morgan fingerprint density at radius 1 is 1.33 bits per heavy atom. The molecule has 0 atom stereocenters. The van der Waals surface area contributed by atoms with E-state index >= 15 is 0 Å². The highest BCUT2D eigenvalue weighted by molar-refractivity contribution is 9.10. The van der Waals surface area contributed by atoms with Gasteiger partial charge in [0.2, 0.25) is 0 Å². The van der Waals surface area contributed by atoms with E-state index in [4.69, 9.17) is 5.21 Å². The Hall–Kier alpha value is -0.790. The molecule has 0 amide bonds. The SMILES string of the molecule is ONCc1cc(Br)cc(C(F)(F)F)c1O. The van der Waals surface area contributed by atoms with Gasteiger partial charge in [-0.2, -0.15) is 13.2 Å². The van der Waals surface area contributed by atoms with Gasteiger partial charge in [0.15, 0.2) is 0 Å². The predicted molar refractivity (Wildman–Crippen MR) is 49.4 cm³/mol. The van der Waals surface area contributed by atoms with Gasteiger partial charge in [-0.3, -0.25) is 0 Å². The molecule has 1 rings (SSSR count). The second kappa shape index (κ2) is 4.38. The first kappa shape index (κ1) is 12.3. The van der Waals surface area contributed by atoms with Gasteiger partial charge in [0, 0.05) is 16.6 Å². The molecule has 0 aliphatic rings. The molecular weight excluding hydrogens is 279 g/mol. The molecule has 0 radical (unpaired) electrons. The topological polar surface area (TPSA) is 52.5 Å². The van der Waals surface area contributed by atoms with Crippen molar-refractivity contribution in [3.05, 3.63) is 27.7 Å². The molecule has 1 aromatic rings. The summed E-state index contributed by atoms with van der Waals surface area (Å²) in [6.07, 6.45) is -4.63. The third-order valence-corrected chi connectivity index (χ3v) is 2.19. The molecule has 15 heavy (non-hydrogen) atoms. The van der Waals surface area contributed by atoms with Crippen LogP contribution in [0.1, 0.15) is 11.1 Å². The number of halogens is 4. The van der Waals surface area contributed by atoms with Crippen molar-refractivity contribution in [3.63, 3.8) is 0 Å². The summed E-state index contributed by atoms with van der Waals surface area (Å²) < 4.78 is 37.3. The number of hydroxylamine groups is 1. The van der Waals surface area contributed by atoms with Crippen molar-refractivity contribution >= 4 is 15.9 Å². The van der Waals surface area contributed by atoms with Crippen molar-refractivity contribution in [3.8, 4) is 5.75 Å². The van der Waals surface area contributed by atoms with Crippen LogP contribution in [0.5, 0.6) is 5.75 Å². The fourth-order valence-corrected chi connectivity index (χ4v) is 1.60. The summed E-state index contributed by atoms with van der Waals surface area (Å²) in [7, 11) is 0. The molecule has 0 spiro atoms. The van der Waals surface area contributed by atoms with Crippen molar-refractivity contribution in [2.75, 3.05) is 0 Å². The molecule has 0 unspecified atom stereocenters. The Bertz CT molecular complexity index is 368.